The summed E-state index contributed by atoms with van der Waals surface area (Å²) in [5.41, 5.74) is 3.23. The molecule has 0 radical (unpaired) electrons. The van der Waals surface area contributed by atoms with Crippen molar-refractivity contribution in [3.05, 3.63) is 50.9 Å². The second kappa shape index (κ2) is 5.30. The fourth-order valence-electron chi connectivity index (χ4n) is 1.90. The minimum Gasteiger partial charge on any atom is -0.298 e. The smallest absolute Gasteiger partial charge is 0.153 e. The number of aldehydes is 1. The Morgan fingerprint density at radius 1 is 1.40 bits per heavy atom. The monoisotopic (exact) mass is 347 g/mol. The molecule has 0 N–H and O–H groups in total. The Bertz CT molecular complexity index is 778. The number of pyridine rings is 1. The van der Waals surface area contributed by atoms with E-state index in [4.69, 9.17) is 0 Å². The van der Waals surface area contributed by atoms with Crippen molar-refractivity contribution in [2.45, 2.75) is 6.92 Å². The van der Waals surface area contributed by atoms with Crippen molar-refractivity contribution in [2.75, 3.05) is 0 Å². The standard InChI is InChI=1S/C14H10BrN3OS/c1-9-2-3-16-13(4-9)18-5-10(6-19)14(17-18)11-7-20-8-12(11)15/h2-8H,1H3. The van der Waals surface area contributed by atoms with E-state index in [0.717, 1.165) is 21.9 Å². The van der Waals surface area contributed by atoms with E-state index in [0.29, 0.717) is 17.1 Å². The van der Waals surface area contributed by atoms with Crippen LogP contribution in [0.15, 0.2) is 39.8 Å². The maximum Gasteiger partial charge on any atom is 0.153 e. The molecule has 3 aromatic rings. The minimum absolute atomic E-state index is 0.549. The van der Waals surface area contributed by atoms with Gasteiger partial charge in [0.2, 0.25) is 0 Å². The highest BCUT2D eigenvalue weighted by Gasteiger charge is 2.15. The maximum absolute atomic E-state index is 11.3. The van der Waals surface area contributed by atoms with Crippen LogP contribution in [0.4, 0.5) is 0 Å². The van der Waals surface area contributed by atoms with E-state index < -0.39 is 0 Å². The Hall–Kier alpha value is -1.79. The van der Waals surface area contributed by atoms with Gasteiger partial charge in [-0.05, 0) is 40.5 Å². The lowest BCUT2D eigenvalue weighted by Crippen LogP contribution is -1.98. The van der Waals surface area contributed by atoms with Crippen LogP contribution < -0.4 is 0 Å². The molecule has 0 atom stereocenters. The third-order valence-electron chi connectivity index (χ3n) is 2.88. The van der Waals surface area contributed by atoms with Crippen LogP contribution in [0.2, 0.25) is 0 Å². The van der Waals surface area contributed by atoms with Crippen LogP contribution in [-0.4, -0.2) is 21.1 Å². The molecule has 0 aliphatic heterocycles. The summed E-state index contributed by atoms with van der Waals surface area (Å²) in [6, 6.07) is 3.85. The van der Waals surface area contributed by atoms with Crippen LogP contribution in [-0.2, 0) is 0 Å². The Kier molecular flexibility index (Phi) is 3.50. The van der Waals surface area contributed by atoms with Gasteiger partial charge in [-0.15, -0.1) is 0 Å². The van der Waals surface area contributed by atoms with Crippen molar-refractivity contribution in [3.63, 3.8) is 0 Å². The number of halogens is 1. The molecule has 0 amide bonds. The summed E-state index contributed by atoms with van der Waals surface area (Å²) in [5.74, 6) is 0.700. The molecule has 3 rings (SSSR count). The summed E-state index contributed by atoms with van der Waals surface area (Å²) < 4.78 is 2.57. The van der Waals surface area contributed by atoms with E-state index in [9.17, 15) is 4.79 Å². The number of aromatic nitrogens is 3. The van der Waals surface area contributed by atoms with E-state index in [1.54, 1.807) is 28.4 Å². The van der Waals surface area contributed by atoms with Crippen molar-refractivity contribution in [1.82, 2.24) is 14.8 Å². The van der Waals surface area contributed by atoms with E-state index in [-0.39, 0.29) is 0 Å². The van der Waals surface area contributed by atoms with Crippen molar-refractivity contribution in [3.8, 4) is 17.1 Å². The molecule has 3 aromatic heterocycles. The van der Waals surface area contributed by atoms with Gasteiger partial charge in [0.25, 0.3) is 0 Å². The third kappa shape index (κ3) is 2.32. The number of carbonyl (C=O) groups is 1. The number of hydrogen-bond donors (Lipinski definition) is 0. The Morgan fingerprint density at radius 2 is 2.25 bits per heavy atom. The van der Waals surface area contributed by atoms with Gasteiger partial charge in [-0.3, -0.25) is 4.79 Å². The highest BCUT2D eigenvalue weighted by Crippen LogP contribution is 2.32. The topological polar surface area (TPSA) is 47.8 Å². The van der Waals surface area contributed by atoms with Crippen LogP contribution >= 0.6 is 27.3 Å². The van der Waals surface area contributed by atoms with Gasteiger partial charge in [-0.25, -0.2) is 9.67 Å². The second-order valence-electron chi connectivity index (χ2n) is 4.32. The van der Waals surface area contributed by atoms with Gasteiger partial charge in [0, 0.05) is 33.2 Å². The molecule has 0 saturated heterocycles. The summed E-state index contributed by atoms with van der Waals surface area (Å²) >= 11 is 5.03. The molecule has 0 spiro atoms. The molecular weight excluding hydrogens is 338 g/mol. The zero-order chi connectivity index (χ0) is 14.1. The fourth-order valence-corrected chi connectivity index (χ4v) is 3.36. The van der Waals surface area contributed by atoms with Crippen LogP contribution in [0.1, 0.15) is 15.9 Å². The average molecular weight is 348 g/mol. The first kappa shape index (κ1) is 13.2. The highest BCUT2D eigenvalue weighted by molar-refractivity contribution is 9.10. The molecule has 0 saturated carbocycles. The molecule has 20 heavy (non-hydrogen) atoms. The first-order valence-corrected chi connectivity index (χ1v) is 7.62. The Balaban J connectivity index is 2.14. The third-order valence-corrected chi connectivity index (χ3v) is 4.58. The quantitative estimate of drug-likeness (QED) is 0.675. The zero-order valence-electron chi connectivity index (χ0n) is 10.6. The Morgan fingerprint density at radius 3 is 2.90 bits per heavy atom. The van der Waals surface area contributed by atoms with Gasteiger partial charge in [0.1, 0.15) is 5.69 Å². The largest absolute Gasteiger partial charge is 0.298 e. The van der Waals surface area contributed by atoms with Crippen LogP contribution in [0.25, 0.3) is 17.1 Å². The van der Waals surface area contributed by atoms with E-state index >= 15 is 0 Å². The van der Waals surface area contributed by atoms with Crippen molar-refractivity contribution >= 4 is 33.6 Å². The fraction of sp³-hybridized carbons (Fsp3) is 0.0714. The molecule has 0 fully saturated rings. The summed E-state index contributed by atoms with van der Waals surface area (Å²) in [7, 11) is 0. The Labute approximate surface area is 128 Å². The van der Waals surface area contributed by atoms with Crippen LogP contribution in [0.3, 0.4) is 0 Å². The van der Waals surface area contributed by atoms with Gasteiger partial charge < -0.3 is 0 Å². The summed E-state index contributed by atoms with van der Waals surface area (Å²) in [6.45, 7) is 1.99. The zero-order valence-corrected chi connectivity index (χ0v) is 13.0. The van der Waals surface area contributed by atoms with E-state index in [1.807, 2.05) is 29.8 Å². The average Bonchev–Trinajstić information content (AvgIpc) is 3.04. The molecule has 0 bridgehead atoms. The number of thiophene rings is 1. The van der Waals surface area contributed by atoms with Gasteiger partial charge >= 0.3 is 0 Å². The molecule has 4 nitrogen and oxygen atoms in total. The van der Waals surface area contributed by atoms with Gasteiger partial charge in [0.15, 0.2) is 12.1 Å². The molecule has 6 heteroatoms. The lowest BCUT2D eigenvalue weighted by Gasteiger charge is -2.00. The van der Waals surface area contributed by atoms with Gasteiger partial charge in [0.05, 0.1) is 5.56 Å². The number of nitrogens with zero attached hydrogens (tertiary/aromatic N) is 3. The number of rotatable bonds is 3. The van der Waals surface area contributed by atoms with Gasteiger partial charge in [-0.2, -0.15) is 16.4 Å². The number of aryl methyl sites for hydroxylation is 1. The molecular formula is C14H10BrN3OS. The summed E-state index contributed by atoms with van der Waals surface area (Å²) in [4.78, 5) is 15.5. The molecule has 100 valence electrons. The lowest BCUT2D eigenvalue weighted by atomic mass is 10.2. The van der Waals surface area contributed by atoms with Crippen molar-refractivity contribution in [2.24, 2.45) is 0 Å². The normalized spacial score (nSPS) is 10.7. The summed E-state index contributed by atoms with van der Waals surface area (Å²) in [5, 5.41) is 8.43. The molecule has 0 unspecified atom stereocenters. The first-order chi connectivity index (χ1) is 9.69. The molecule has 0 aromatic carbocycles. The predicted molar refractivity (Wildman–Crippen MR) is 82.5 cm³/mol. The lowest BCUT2D eigenvalue weighted by molar-refractivity contribution is 0.112. The van der Waals surface area contributed by atoms with E-state index in [2.05, 4.69) is 26.0 Å². The van der Waals surface area contributed by atoms with Gasteiger partial charge in [-0.1, -0.05) is 0 Å². The number of carbonyl (C=O) groups excluding carboxylic acids is 1. The van der Waals surface area contributed by atoms with Crippen LogP contribution in [0, 0.1) is 6.92 Å². The molecule has 0 aliphatic rings. The van der Waals surface area contributed by atoms with Crippen molar-refractivity contribution in [1.29, 1.82) is 0 Å². The minimum atomic E-state index is 0.549. The van der Waals surface area contributed by atoms with Crippen LogP contribution in [0.5, 0.6) is 0 Å². The van der Waals surface area contributed by atoms with E-state index in [1.165, 1.54) is 0 Å². The van der Waals surface area contributed by atoms with Crippen molar-refractivity contribution < 1.29 is 4.79 Å². The SMILES string of the molecule is Cc1ccnc(-n2cc(C=O)c(-c3cscc3Br)n2)c1. The maximum atomic E-state index is 11.3. The number of hydrogen-bond acceptors (Lipinski definition) is 4. The first-order valence-electron chi connectivity index (χ1n) is 5.89. The summed E-state index contributed by atoms with van der Waals surface area (Å²) in [6.07, 6.45) is 4.25. The highest BCUT2D eigenvalue weighted by atomic mass is 79.9. The second-order valence-corrected chi connectivity index (χ2v) is 5.92. The molecule has 0 aliphatic carbocycles. The predicted octanol–water partition coefficient (Wildman–Crippen LogP) is 3.88. The molecule has 3 heterocycles.